The highest BCUT2D eigenvalue weighted by Gasteiger charge is 2.43. The van der Waals surface area contributed by atoms with Gasteiger partial charge in [0.05, 0.1) is 19.3 Å². The van der Waals surface area contributed by atoms with Crippen molar-refractivity contribution in [2.24, 2.45) is 0 Å². The molecule has 2 nitrogen and oxygen atoms in total. The Morgan fingerprint density at radius 1 is 1.33 bits per heavy atom. The van der Waals surface area contributed by atoms with E-state index in [-0.39, 0.29) is 5.60 Å². The molecule has 1 unspecified atom stereocenters. The maximum absolute atomic E-state index is 5.82. The van der Waals surface area contributed by atoms with Crippen LogP contribution < -0.4 is 4.74 Å². The van der Waals surface area contributed by atoms with Gasteiger partial charge < -0.3 is 9.47 Å². The molecule has 1 aliphatic heterocycles. The fourth-order valence-electron chi connectivity index (χ4n) is 2.81. The summed E-state index contributed by atoms with van der Waals surface area (Å²) in [6.07, 6.45) is 4.77. The van der Waals surface area contributed by atoms with Crippen molar-refractivity contribution in [1.82, 2.24) is 0 Å². The van der Waals surface area contributed by atoms with E-state index in [1.165, 1.54) is 30.4 Å². The van der Waals surface area contributed by atoms with E-state index in [1.54, 1.807) is 7.11 Å². The van der Waals surface area contributed by atoms with Crippen LogP contribution in [0.1, 0.15) is 30.4 Å². The van der Waals surface area contributed by atoms with Crippen LogP contribution >= 0.6 is 0 Å². The van der Waals surface area contributed by atoms with Gasteiger partial charge in [-0.3, -0.25) is 0 Å². The summed E-state index contributed by atoms with van der Waals surface area (Å²) in [6.45, 7) is 0.922. The Morgan fingerprint density at radius 2 is 2.20 bits per heavy atom. The fraction of sp³-hybridized carbons (Fsp3) is 0.538. The van der Waals surface area contributed by atoms with Crippen LogP contribution in [0.3, 0.4) is 0 Å². The molecule has 1 aromatic carbocycles. The van der Waals surface area contributed by atoms with Crippen LogP contribution in [-0.4, -0.2) is 13.7 Å². The second-order valence-electron chi connectivity index (χ2n) is 4.47. The second-order valence-corrected chi connectivity index (χ2v) is 4.47. The summed E-state index contributed by atoms with van der Waals surface area (Å²) in [5.74, 6) is 0.963. The molecule has 0 bridgehead atoms. The number of fused-ring (bicyclic) bond motifs is 2. The first-order chi connectivity index (χ1) is 7.34. The summed E-state index contributed by atoms with van der Waals surface area (Å²) in [7, 11) is 1.72. The van der Waals surface area contributed by atoms with Crippen molar-refractivity contribution in [3.8, 4) is 5.75 Å². The first kappa shape index (κ1) is 9.22. The van der Waals surface area contributed by atoms with Crippen molar-refractivity contribution in [2.45, 2.75) is 31.3 Å². The van der Waals surface area contributed by atoms with E-state index in [0.29, 0.717) is 0 Å². The number of hydrogen-bond donors (Lipinski definition) is 0. The first-order valence-corrected chi connectivity index (χ1v) is 5.65. The van der Waals surface area contributed by atoms with E-state index in [9.17, 15) is 0 Å². The molecule has 0 amide bonds. The number of rotatable bonds is 1. The summed E-state index contributed by atoms with van der Waals surface area (Å²) in [5.41, 5.74) is 2.89. The Bertz CT molecular complexity index is 380. The van der Waals surface area contributed by atoms with Gasteiger partial charge in [0.2, 0.25) is 0 Å². The normalized spacial score (nSPS) is 28.3. The van der Waals surface area contributed by atoms with E-state index in [0.717, 1.165) is 18.8 Å². The largest absolute Gasteiger partial charge is 0.497 e. The number of aryl methyl sites for hydroxylation is 1. The molecule has 3 rings (SSSR count). The summed E-state index contributed by atoms with van der Waals surface area (Å²) < 4.78 is 11.1. The first-order valence-electron chi connectivity index (χ1n) is 5.65. The highest BCUT2D eigenvalue weighted by molar-refractivity contribution is 5.41. The quantitative estimate of drug-likeness (QED) is 0.700. The monoisotopic (exact) mass is 204 g/mol. The molecule has 15 heavy (non-hydrogen) atoms. The van der Waals surface area contributed by atoms with Crippen LogP contribution in [0, 0.1) is 0 Å². The molecule has 0 saturated carbocycles. The van der Waals surface area contributed by atoms with Gasteiger partial charge >= 0.3 is 0 Å². The lowest BCUT2D eigenvalue weighted by Crippen LogP contribution is -2.43. The second kappa shape index (κ2) is 3.24. The van der Waals surface area contributed by atoms with Crippen molar-refractivity contribution in [3.05, 3.63) is 29.3 Å². The number of benzene rings is 1. The molecule has 2 heteroatoms. The zero-order valence-electron chi connectivity index (χ0n) is 9.08. The van der Waals surface area contributed by atoms with Gasteiger partial charge in [-0.15, -0.1) is 0 Å². The van der Waals surface area contributed by atoms with Gasteiger partial charge in [0.1, 0.15) is 5.75 Å². The lowest BCUT2D eigenvalue weighted by Gasteiger charge is -2.46. The Kier molecular flexibility index (Phi) is 1.99. The average Bonchev–Trinajstić information content (AvgIpc) is 2.25. The predicted octanol–water partition coefficient (Wildman–Crippen LogP) is 2.65. The smallest absolute Gasteiger partial charge is 0.119 e. The van der Waals surface area contributed by atoms with Crippen molar-refractivity contribution < 1.29 is 9.47 Å². The van der Waals surface area contributed by atoms with Crippen LogP contribution in [-0.2, 0) is 16.8 Å². The molecule has 1 aromatic rings. The zero-order valence-corrected chi connectivity index (χ0v) is 9.08. The molecule has 0 radical (unpaired) electrons. The van der Waals surface area contributed by atoms with Crippen molar-refractivity contribution in [3.63, 3.8) is 0 Å². The third-order valence-corrected chi connectivity index (χ3v) is 3.71. The summed E-state index contributed by atoms with van der Waals surface area (Å²) in [6, 6.07) is 6.40. The lowest BCUT2D eigenvalue weighted by atomic mass is 9.75. The standard InChI is InChI=1S/C13H16O2/c1-14-11-4-5-12-10(9-11)3-2-6-13(12)7-8-15-13/h4-5,9H,2-3,6-8H2,1H3. The van der Waals surface area contributed by atoms with Crippen molar-refractivity contribution in [1.29, 1.82) is 0 Å². The zero-order chi connectivity index (χ0) is 10.3. The predicted molar refractivity (Wildman–Crippen MR) is 58.2 cm³/mol. The Hall–Kier alpha value is -1.02. The Balaban J connectivity index is 2.05. The molecule has 0 aromatic heterocycles. The molecule has 80 valence electrons. The number of ether oxygens (including phenoxy) is 2. The fourth-order valence-corrected chi connectivity index (χ4v) is 2.81. The number of methoxy groups -OCH3 is 1. The molecule has 0 N–H and O–H groups in total. The number of hydrogen-bond acceptors (Lipinski definition) is 2. The minimum atomic E-state index is 0.0693. The van der Waals surface area contributed by atoms with Crippen molar-refractivity contribution >= 4 is 0 Å². The maximum Gasteiger partial charge on any atom is 0.119 e. The molecule has 1 atom stereocenters. The molecule has 1 fully saturated rings. The van der Waals surface area contributed by atoms with Crippen LogP contribution in [0.5, 0.6) is 5.75 Å². The third-order valence-electron chi connectivity index (χ3n) is 3.71. The van der Waals surface area contributed by atoms with Crippen LogP contribution in [0.4, 0.5) is 0 Å². The minimum absolute atomic E-state index is 0.0693. The minimum Gasteiger partial charge on any atom is -0.497 e. The summed E-state index contributed by atoms with van der Waals surface area (Å²) in [5, 5.41) is 0. The van der Waals surface area contributed by atoms with Gasteiger partial charge in [-0.2, -0.15) is 0 Å². The van der Waals surface area contributed by atoms with E-state index >= 15 is 0 Å². The van der Waals surface area contributed by atoms with Gasteiger partial charge in [0.25, 0.3) is 0 Å². The van der Waals surface area contributed by atoms with Gasteiger partial charge in [0.15, 0.2) is 0 Å². The van der Waals surface area contributed by atoms with Gasteiger partial charge in [0, 0.05) is 6.42 Å². The van der Waals surface area contributed by atoms with Gasteiger partial charge in [-0.05, 0) is 42.5 Å². The lowest BCUT2D eigenvalue weighted by molar-refractivity contribution is -0.163. The molecular formula is C13H16O2. The average molecular weight is 204 g/mol. The van der Waals surface area contributed by atoms with Crippen molar-refractivity contribution in [2.75, 3.05) is 13.7 Å². The summed E-state index contributed by atoms with van der Waals surface area (Å²) >= 11 is 0. The highest BCUT2D eigenvalue weighted by atomic mass is 16.5. The van der Waals surface area contributed by atoms with E-state index in [1.807, 2.05) is 6.07 Å². The van der Waals surface area contributed by atoms with Crippen LogP contribution in [0.25, 0.3) is 0 Å². The van der Waals surface area contributed by atoms with Crippen LogP contribution in [0.15, 0.2) is 18.2 Å². The molecule has 1 aliphatic carbocycles. The summed E-state index contributed by atoms with van der Waals surface area (Å²) in [4.78, 5) is 0. The molecule has 1 heterocycles. The van der Waals surface area contributed by atoms with Crippen LogP contribution in [0.2, 0.25) is 0 Å². The molecule has 1 saturated heterocycles. The molecule has 1 spiro atoms. The highest BCUT2D eigenvalue weighted by Crippen LogP contribution is 2.46. The third kappa shape index (κ3) is 1.28. The van der Waals surface area contributed by atoms with E-state index in [2.05, 4.69) is 12.1 Å². The van der Waals surface area contributed by atoms with Gasteiger partial charge in [-0.25, -0.2) is 0 Å². The van der Waals surface area contributed by atoms with Gasteiger partial charge in [-0.1, -0.05) is 6.07 Å². The molecular weight excluding hydrogens is 188 g/mol. The Morgan fingerprint density at radius 3 is 2.87 bits per heavy atom. The maximum atomic E-state index is 5.82. The Labute approximate surface area is 90.2 Å². The molecule has 2 aliphatic rings. The van der Waals surface area contributed by atoms with E-state index < -0.39 is 0 Å². The SMILES string of the molecule is COc1ccc2c(c1)CCCC21CCO1. The van der Waals surface area contributed by atoms with E-state index in [4.69, 9.17) is 9.47 Å². The topological polar surface area (TPSA) is 18.5 Å².